The van der Waals surface area contributed by atoms with Crippen molar-refractivity contribution in [2.45, 2.75) is 51.7 Å². The van der Waals surface area contributed by atoms with E-state index < -0.39 is 0 Å². The molecule has 2 aliphatic heterocycles. The Labute approximate surface area is 113 Å². The molecule has 6 heteroatoms. The van der Waals surface area contributed by atoms with Crippen LogP contribution >= 0.6 is 0 Å². The van der Waals surface area contributed by atoms with Crippen molar-refractivity contribution in [3.8, 4) is 0 Å². The summed E-state index contributed by atoms with van der Waals surface area (Å²) in [7, 11) is 0. The number of morpholine rings is 1. The molecule has 0 spiro atoms. The first kappa shape index (κ1) is 14.0. The maximum absolute atomic E-state index is 12.4. The molecule has 2 aliphatic rings. The molecule has 0 atom stereocenters. The van der Waals surface area contributed by atoms with E-state index in [2.05, 4.69) is 10.5 Å². The molecular formula is C13H21N3O3. The van der Waals surface area contributed by atoms with Gasteiger partial charge in [0.15, 0.2) is 0 Å². The molecule has 1 fully saturated rings. The minimum Gasteiger partial charge on any atom is -0.366 e. The van der Waals surface area contributed by atoms with E-state index >= 15 is 0 Å². The van der Waals surface area contributed by atoms with Gasteiger partial charge in [0.05, 0.1) is 11.2 Å². The second-order valence-corrected chi connectivity index (χ2v) is 6.38. The normalized spacial score (nSPS) is 25.6. The highest BCUT2D eigenvalue weighted by Gasteiger charge is 2.41. The van der Waals surface area contributed by atoms with Crippen LogP contribution in [0.4, 0.5) is 0 Å². The van der Waals surface area contributed by atoms with E-state index in [0.29, 0.717) is 31.6 Å². The van der Waals surface area contributed by atoms with Crippen LogP contribution in [-0.2, 0) is 14.3 Å². The van der Waals surface area contributed by atoms with Crippen molar-refractivity contribution in [1.82, 2.24) is 10.3 Å². The summed E-state index contributed by atoms with van der Waals surface area (Å²) in [5, 5.41) is 3.87. The number of ether oxygens (including phenoxy) is 1. The van der Waals surface area contributed by atoms with Crippen molar-refractivity contribution >= 4 is 17.5 Å². The predicted octanol–water partition coefficient (Wildman–Crippen LogP) is 0.668. The van der Waals surface area contributed by atoms with Crippen LogP contribution in [0.3, 0.4) is 0 Å². The number of rotatable bonds is 1. The molecule has 1 N–H and O–H groups in total. The Bertz CT molecular complexity index is 424. The Morgan fingerprint density at radius 3 is 2.26 bits per heavy atom. The molecule has 1 saturated heterocycles. The minimum atomic E-state index is -0.379. The Morgan fingerprint density at radius 1 is 1.21 bits per heavy atom. The van der Waals surface area contributed by atoms with Crippen molar-refractivity contribution in [3.63, 3.8) is 0 Å². The summed E-state index contributed by atoms with van der Waals surface area (Å²) in [6.07, 6.45) is 0.727. The first-order valence-electron chi connectivity index (χ1n) is 6.53. The van der Waals surface area contributed by atoms with Crippen LogP contribution in [0.5, 0.6) is 0 Å². The minimum absolute atomic E-state index is 0.107. The highest BCUT2D eigenvalue weighted by molar-refractivity contribution is 6.39. The first-order chi connectivity index (χ1) is 8.69. The van der Waals surface area contributed by atoms with Gasteiger partial charge in [-0.1, -0.05) is 0 Å². The Balaban J connectivity index is 2.13. The number of amides is 2. The molecule has 0 radical (unpaired) electrons. The quantitative estimate of drug-likeness (QED) is 0.759. The second-order valence-electron chi connectivity index (χ2n) is 6.38. The van der Waals surface area contributed by atoms with Gasteiger partial charge in [0.25, 0.3) is 5.91 Å². The van der Waals surface area contributed by atoms with Crippen molar-refractivity contribution in [1.29, 1.82) is 0 Å². The lowest BCUT2D eigenvalue weighted by Gasteiger charge is -2.47. The van der Waals surface area contributed by atoms with E-state index in [1.807, 2.05) is 27.7 Å². The van der Waals surface area contributed by atoms with E-state index in [4.69, 9.17) is 4.74 Å². The molecular weight excluding hydrogens is 246 g/mol. The first-order valence-corrected chi connectivity index (χ1v) is 6.53. The van der Waals surface area contributed by atoms with E-state index in [9.17, 15) is 9.59 Å². The number of hydrazone groups is 1. The maximum Gasteiger partial charge on any atom is 0.270 e. The smallest absolute Gasteiger partial charge is 0.270 e. The molecule has 0 aromatic heterocycles. The Hall–Kier alpha value is -1.43. The molecule has 2 rings (SSSR count). The van der Waals surface area contributed by atoms with Crippen LogP contribution < -0.4 is 5.43 Å². The topological polar surface area (TPSA) is 71.0 Å². The van der Waals surface area contributed by atoms with E-state index in [1.54, 1.807) is 4.90 Å². The van der Waals surface area contributed by atoms with Gasteiger partial charge >= 0.3 is 0 Å². The van der Waals surface area contributed by atoms with Crippen LogP contribution in [0.25, 0.3) is 0 Å². The van der Waals surface area contributed by atoms with Gasteiger partial charge in [0.2, 0.25) is 5.91 Å². The van der Waals surface area contributed by atoms with Gasteiger partial charge in [0, 0.05) is 25.9 Å². The third-order valence-corrected chi connectivity index (χ3v) is 3.13. The summed E-state index contributed by atoms with van der Waals surface area (Å²) in [5.41, 5.74) is 2.03. The van der Waals surface area contributed by atoms with E-state index in [1.165, 1.54) is 0 Å². The van der Waals surface area contributed by atoms with Crippen molar-refractivity contribution in [2.24, 2.45) is 5.10 Å². The third kappa shape index (κ3) is 3.32. The van der Waals surface area contributed by atoms with Crippen LogP contribution in [-0.4, -0.2) is 46.7 Å². The fourth-order valence-corrected chi connectivity index (χ4v) is 2.74. The van der Waals surface area contributed by atoms with Crippen LogP contribution in [0.15, 0.2) is 5.10 Å². The molecule has 6 nitrogen and oxygen atoms in total. The molecule has 2 amide bonds. The Morgan fingerprint density at radius 2 is 1.79 bits per heavy atom. The van der Waals surface area contributed by atoms with E-state index in [0.717, 1.165) is 0 Å². The molecule has 0 aromatic rings. The highest BCUT2D eigenvalue weighted by Crippen LogP contribution is 2.28. The zero-order valence-electron chi connectivity index (χ0n) is 11.9. The average molecular weight is 267 g/mol. The van der Waals surface area contributed by atoms with Gasteiger partial charge in [-0.15, -0.1) is 0 Å². The molecule has 0 aromatic carbocycles. The number of hydrogen-bond acceptors (Lipinski definition) is 4. The summed E-state index contributed by atoms with van der Waals surface area (Å²) < 4.78 is 5.94. The average Bonchev–Trinajstić information content (AvgIpc) is 2.25. The lowest BCUT2D eigenvalue weighted by Crippen LogP contribution is -2.60. The maximum atomic E-state index is 12.4. The summed E-state index contributed by atoms with van der Waals surface area (Å²) >= 11 is 0. The molecule has 2 heterocycles. The van der Waals surface area contributed by atoms with Gasteiger partial charge in [0.1, 0.15) is 5.71 Å². The van der Waals surface area contributed by atoms with Crippen LogP contribution in [0, 0.1) is 0 Å². The zero-order chi connectivity index (χ0) is 14.3. The Kier molecular flexibility index (Phi) is 3.38. The van der Waals surface area contributed by atoms with Crippen LogP contribution in [0.1, 0.15) is 40.5 Å². The standard InChI is InChI=1S/C13H21N3O3/c1-12(2)7-16(8-13(3,4)19-12)11(18)9-5-6-10(17)15-14-9/h5-8H2,1-4H3,(H,15,17). The lowest BCUT2D eigenvalue weighted by atomic mass is 9.98. The second kappa shape index (κ2) is 4.59. The summed E-state index contributed by atoms with van der Waals surface area (Å²) in [5.74, 6) is -0.247. The largest absolute Gasteiger partial charge is 0.366 e. The van der Waals surface area contributed by atoms with Gasteiger partial charge < -0.3 is 9.64 Å². The molecule has 0 aliphatic carbocycles. The summed E-state index contributed by atoms with van der Waals surface area (Å²) in [4.78, 5) is 25.2. The number of carbonyl (C=O) groups excluding carboxylic acids is 2. The molecule has 0 bridgehead atoms. The van der Waals surface area contributed by atoms with E-state index in [-0.39, 0.29) is 23.0 Å². The highest BCUT2D eigenvalue weighted by atomic mass is 16.5. The van der Waals surface area contributed by atoms with Crippen molar-refractivity contribution < 1.29 is 14.3 Å². The summed E-state index contributed by atoms with van der Waals surface area (Å²) in [6.45, 7) is 8.94. The molecule has 0 unspecified atom stereocenters. The van der Waals surface area contributed by atoms with Gasteiger partial charge in [-0.3, -0.25) is 9.59 Å². The monoisotopic (exact) mass is 267 g/mol. The molecule has 19 heavy (non-hydrogen) atoms. The van der Waals surface area contributed by atoms with Gasteiger partial charge in [-0.05, 0) is 27.7 Å². The van der Waals surface area contributed by atoms with Gasteiger partial charge in [-0.25, -0.2) is 5.43 Å². The van der Waals surface area contributed by atoms with Crippen molar-refractivity contribution in [2.75, 3.05) is 13.1 Å². The number of carbonyl (C=O) groups is 2. The fourth-order valence-electron chi connectivity index (χ4n) is 2.74. The van der Waals surface area contributed by atoms with Crippen molar-refractivity contribution in [3.05, 3.63) is 0 Å². The SMILES string of the molecule is CC1(C)CN(C(=O)C2=NNC(=O)CC2)CC(C)(C)O1. The number of hydrogen-bond donors (Lipinski definition) is 1. The van der Waals surface area contributed by atoms with Gasteiger partial charge in [-0.2, -0.15) is 5.10 Å². The summed E-state index contributed by atoms with van der Waals surface area (Å²) in [6, 6.07) is 0. The predicted molar refractivity (Wildman–Crippen MR) is 70.6 cm³/mol. The lowest BCUT2D eigenvalue weighted by molar-refractivity contribution is -0.184. The number of nitrogens with zero attached hydrogens (tertiary/aromatic N) is 2. The third-order valence-electron chi connectivity index (χ3n) is 3.13. The van der Waals surface area contributed by atoms with Crippen LogP contribution in [0.2, 0.25) is 0 Å². The number of nitrogens with one attached hydrogen (secondary N) is 1. The molecule has 0 saturated carbocycles. The zero-order valence-corrected chi connectivity index (χ0v) is 11.9. The fraction of sp³-hybridized carbons (Fsp3) is 0.769. The molecule has 106 valence electrons.